The number of halogens is 3. The second kappa shape index (κ2) is 13.2. The minimum atomic E-state index is -0.858. The van der Waals surface area contributed by atoms with Gasteiger partial charge in [0.1, 0.15) is 11.5 Å². The van der Waals surface area contributed by atoms with Gasteiger partial charge in [0.25, 0.3) is 0 Å². The molecule has 2 aromatic carbocycles. The number of phenolic OH excluding ortho intramolecular Hbond substituents is 1. The molecule has 0 aliphatic rings. The van der Waals surface area contributed by atoms with E-state index in [-0.39, 0.29) is 32.0 Å². The zero-order valence-electron chi connectivity index (χ0n) is 16.1. The third kappa shape index (κ3) is 8.26. The summed E-state index contributed by atoms with van der Waals surface area (Å²) in [6.07, 6.45) is 0.583. The average Bonchev–Trinajstić information content (AvgIpc) is 2.70. The molecule has 0 aromatic heterocycles. The van der Waals surface area contributed by atoms with Crippen molar-refractivity contribution >= 4 is 73.7 Å². The predicted molar refractivity (Wildman–Crippen MR) is 138 cm³/mol. The summed E-state index contributed by atoms with van der Waals surface area (Å²) in [4.78, 5) is 10.8. The fourth-order valence-electron chi connectivity index (χ4n) is 2.14. The fourth-order valence-corrected chi connectivity index (χ4v) is 4.74. The van der Waals surface area contributed by atoms with Gasteiger partial charge in [-0.1, -0.05) is 6.92 Å². The lowest BCUT2D eigenvalue weighted by Gasteiger charge is -2.24. The first-order chi connectivity index (χ1) is 14.1. The van der Waals surface area contributed by atoms with Gasteiger partial charge in [0.15, 0.2) is 5.75 Å². The Morgan fingerprint density at radius 2 is 1.50 bits per heavy atom. The zero-order valence-corrected chi connectivity index (χ0v) is 22.6. The number of hydrogen-bond acceptors (Lipinski definition) is 6. The van der Waals surface area contributed by atoms with E-state index in [0.717, 1.165) is 12.7 Å². The molecular weight excluding hydrogens is 733 g/mol. The van der Waals surface area contributed by atoms with Gasteiger partial charge in [0.05, 0.1) is 37.0 Å². The summed E-state index contributed by atoms with van der Waals surface area (Å²) in [5, 5.41) is 44.3. The predicted octanol–water partition coefficient (Wildman–Crippen LogP) is 3.99. The van der Waals surface area contributed by atoms with Crippen molar-refractivity contribution in [3.8, 4) is 17.2 Å². The van der Waals surface area contributed by atoms with Crippen molar-refractivity contribution in [1.29, 1.82) is 0 Å². The van der Waals surface area contributed by atoms with Gasteiger partial charge in [-0.05, 0) is 110 Å². The Balaban J connectivity index is 0.000000424. The Labute approximate surface area is 215 Å². The molecule has 0 unspecified atom stereocenters. The number of phenols is 1. The van der Waals surface area contributed by atoms with Crippen molar-refractivity contribution in [2.24, 2.45) is 5.41 Å². The molecule has 0 atom stereocenters. The van der Waals surface area contributed by atoms with Crippen molar-refractivity contribution in [2.75, 3.05) is 19.8 Å². The summed E-state index contributed by atoms with van der Waals surface area (Å²) >= 11 is 6.28. The van der Waals surface area contributed by atoms with Gasteiger partial charge < -0.3 is 30.3 Å². The molecule has 0 aliphatic heterocycles. The van der Waals surface area contributed by atoms with E-state index in [1.165, 1.54) is 0 Å². The number of carboxylic acids is 1. The largest absolute Gasteiger partial charge is 0.507 e. The fraction of sp³-hybridized carbons (Fsp3) is 0.350. The monoisotopic (exact) mass is 756 g/mol. The summed E-state index contributed by atoms with van der Waals surface area (Å²) in [6.45, 7) is 1.35. The third-order valence-electron chi connectivity index (χ3n) is 4.31. The molecule has 0 heterocycles. The standard InChI is InChI=1S/C14H9I3O4.C6H14O3/c15-9-6-8(1-2-12(9)18)21-14-10(16)3-7(4-11(14)17)5-13(19)20;1-2-6(3-7,4-8)5-9/h1-4,6,18H,5H2,(H,19,20);7-9H,2-5H2,1H3. The van der Waals surface area contributed by atoms with Crippen LogP contribution in [-0.2, 0) is 11.2 Å². The SMILES string of the molecule is CCC(CO)(CO)CO.O=C(O)Cc1cc(I)c(Oc2ccc(O)c(I)c2)c(I)c1. The lowest BCUT2D eigenvalue weighted by atomic mass is 9.88. The van der Waals surface area contributed by atoms with Crippen LogP contribution in [0.2, 0.25) is 0 Å². The number of benzene rings is 2. The Morgan fingerprint density at radius 3 is 1.87 bits per heavy atom. The summed E-state index contributed by atoms with van der Waals surface area (Å²) in [6, 6.07) is 8.62. The van der Waals surface area contributed by atoms with Gasteiger partial charge >= 0.3 is 5.97 Å². The van der Waals surface area contributed by atoms with E-state index in [1.807, 2.05) is 29.5 Å². The normalized spacial score (nSPS) is 10.9. The Morgan fingerprint density at radius 1 is 0.967 bits per heavy atom. The lowest BCUT2D eigenvalue weighted by molar-refractivity contribution is -0.136. The molecular formula is C20H23I3O7. The van der Waals surface area contributed by atoms with E-state index in [1.54, 1.807) is 30.3 Å². The minimum Gasteiger partial charge on any atom is -0.507 e. The molecule has 5 N–H and O–H groups in total. The molecule has 7 nitrogen and oxygen atoms in total. The molecule has 0 saturated heterocycles. The summed E-state index contributed by atoms with van der Waals surface area (Å²) < 4.78 is 8.26. The summed E-state index contributed by atoms with van der Waals surface area (Å²) in [5.41, 5.74) is 0.0731. The third-order valence-corrected chi connectivity index (χ3v) is 6.78. The number of ether oxygens (including phenoxy) is 1. The Kier molecular flexibility index (Phi) is 12.2. The van der Waals surface area contributed by atoms with E-state index >= 15 is 0 Å². The summed E-state index contributed by atoms with van der Waals surface area (Å²) in [5.74, 6) is 0.665. The molecule has 10 heteroatoms. The van der Waals surface area contributed by atoms with Gasteiger partial charge in [-0.25, -0.2) is 0 Å². The van der Waals surface area contributed by atoms with Gasteiger partial charge in [0, 0.05) is 5.41 Å². The number of aromatic hydroxyl groups is 1. The number of carbonyl (C=O) groups is 1. The molecule has 30 heavy (non-hydrogen) atoms. The highest BCUT2D eigenvalue weighted by Crippen LogP contribution is 2.34. The summed E-state index contributed by atoms with van der Waals surface area (Å²) in [7, 11) is 0. The maximum atomic E-state index is 10.8. The van der Waals surface area contributed by atoms with Gasteiger partial charge in [-0.2, -0.15) is 0 Å². The number of aliphatic carboxylic acids is 1. The maximum absolute atomic E-state index is 10.8. The molecule has 0 saturated carbocycles. The van der Waals surface area contributed by atoms with Crippen molar-refractivity contribution in [2.45, 2.75) is 19.8 Å². The van der Waals surface area contributed by atoms with Crippen LogP contribution in [0.3, 0.4) is 0 Å². The van der Waals surface area contributed by atoms with Crippen LogP contribution in [0, 0.1) is 16.1 Å². The number of aliphatic hydroxyl groups excluding tert-OH is 3. The Bertz CT molecular complexity index is 814. The van der Waals surface area contributed by atoms with E-state index < -0.39 is 11.4 Å². The van der Waals surface area contributed by atoms with E-state index in [2.05, 4.69) is 45.2 Å². The van der Waals surface area contributed by atoms with Crippen molar-refractivity contribution in [3.05, 3.63) is 46.6 Å². The quantitative estimate of drug-likeness (QED) is 0.258. The van der Waals surface area contributed by atoms with E-state index in [4.69, 9.17) is 25.2 Å². The molecule has 2 rings (SSSR count). The van der Waals surface area contributed by atoms with Crippen LogP contribution in [0.25, 0.3) is 0 Å². The first-order valence-electron chi connectivity index (χ1n) is 8.80. The first-order valence-corrected chi connectivity index (χ1v) is 12.0. The lowest BCUT2D eigenvalue weighted by Crippen LogP contribution is -2.32. The van der Waals surface area contributed by atoms with Crippen LogP contribution in [0.4, 0.5) is 0 Å². The molecule has 0 bridgehead atoms. The van der Waals surface area contributed by atoms with Crippen molar-refractivity contribution in [3.63, 3.8) is 0 Å². The second-order valence-corrected chi connectivity index (χ2v) is 9.99. The Hall–Kier alpha value is -0.420. The number of hydrogen-bond donors (Lipinski definition) is 5. The van der Waals surface area contributed by atoms with Crippen LogP contribution in [0.15, 0.2) is 30.3 Å². The van der Waals surface area contributed by atoms with Gasteiger partial charge in [0.2, 0.25) is 0 Å². The highest BCUT2D eigenvalue weighted by atomic mass is 127. The van der Waals surface area contributed by atoms with Crippen LogP contribution in [-0.4, -0.2) is 51.3 Å². The van der Waals surface area contributed by atoms with Crippen LogP contribution in [0.5, 0.6) is 17.2 Å². The van der Waals surface area contributed by atoms with Crippen LogP contribution >= 0.6 is 67.8 Å². The molecule has 2 aromatic rings. The molecule has 0 amide bonds. The topological polar surface area (TPSA) is 127 Å². The van der Waals surface area contributed by atoms with E-state index in [9.17, 15) is 9.90 Å². The minimum absolute atomic E-state index is 0.0105. The molecule has 0 radical (unpaired) electrons. The first kappa shape index (κ1) is 27.6. The number of aliphatic hydroxyl groups is 3. The van der Waals surface area contributed by atoms with Crippen molar-refractivity contribution in [1.82, 2.24) is 0 Å². The van der Waals surface area contributed by atoms with E-state index in [0.29, 0.717) is 21.5 Å². The maximum Gasteiger partial charge on any atom is 0.307 e. The molecule has 0 spiro atoms. The van der Waals surface area contributed by atoms with Crippen LogP contribution in [0.1, 0.15) is 18.9 Å². The van der Waals surface area contributed by atoms with Crippen LogP contribution < -0.4 is 4.74 Å². The smallest absolute Gasteiger partial charge is 0.307 e. The average molecular weight is 756 g/mol. The van der Waals surface area contributed by atoms with Gasteiger partial charge in [-0.3, -0.25) is 4.79 Å². The number of rotatable bonds is 8. The molecule has 0 aliphatic carbocycles. The highest BCUT2D eigenvalue weighted by Gasteiger charge is 2.24. The van der Waals surface area contributed by atoms with Crippen molar-refractivity contribution < 1.29 is 35.1 Å². The second-order valence-electron chi connectivity index (χ2n) is 6.50. The van der Waals surface area contributed by atoms with Gasteiger partial charge in [-0.15, -0.1) is 0 Å². The number of carboxylic acid groups (broad SMARTS) is 1. The highest BCUT2D eigenvalue weighted by molar-refractivity contribution is 14.1. The zero-order chi connectivity index (χ0) is 22.9. The molecule has 0 fully saturated rings. The molecule has 166 valence electrons.